The fourth-order valence-corrected chi connectivity index (χ4v) is 4.86. The molecular formula is C26H25N5O3S. The van der Waals surface area contributed by atoms with Gasteiger partial charge < -0.3 is 14.0 Å². The van der Waals surface area contributed by atoms with Gasteiger partial charge in [-0.2, -0.15) is 15.1 Å². The largest absolute Gasteiger partial charge is 0.493 e. The Morgan fingerprint density at radius 2 is 1.86 bits per heavy atom. The van der Waals surface area contributed by atoms with Crippen molar-refractivity contribution < 1.29 is 14.3 Å². The number of hydrogen-bond donors (Lipinski definition) is 1. The van der Waals surface area contributed by atoms with Crippen molar-refractivity contribution in [1.82, 2.24) is 9.58 Å². The molecule has 5 rings (SSSR count). The smallest absolute Gasteiger partial charge is 0.283 e. The van der Waals surface area contributed by atoms with Gasteiger partial charge in [-0.3, -0.25) is 10.2 Å². The van der Waals surface area contributed by atoms with Crippen LogP contribution in [0.25, 0.3) is 17.0 Å². The van der Waals surface area contributed by atoms with Crippen LogP contribution in [0.2, 0.25) is 0 Å². The van der Waals surface area contributed by atoms with Gasteiger partial charge in [0.25, 0.3) is 5.91 Å². The van der Waals surface area contributed by atoms with Crippen LogP contribution in [0.5, 0.6) is 11.5 Å². The molecule has 8 nitrogen and oxygen atoms in total. The molecule has 3 heterocycles. The number of fused-ring (bicyclic) bond motifs is 2. The molecule has 0 aliphatic carbocycles. The van der Waals surface area contributed by atoms with Crippen molar-refractivity contribution in [1.29, 1.82) is 5.41 Å². The number of amides is 1. The van der Waals surface area contributed by atoms with E-state index in [0.717, 1.165) is 21.5 Å². The Labute approximate surface area is 207 Å². The van der Waals surface area contributed by atoms with Crippen molar-refractivity contribution in [2.75, 3.05) is 13.7 Å². The molecule has 1 N–H and O–H groups in total. The highest BCUT2D eigenvalue weighted by molar-refractivity contribution is 8.27. The minimum atomic E-state index is -0.426. The number of aromatic nitrogens is 1. The number of nitrogens with zero attached hydrogens (tertiary/aromatic N) is 4. The monoisotopic (exact) mass is 487 g/mol. The van der Waals surface area contributed by atoms with Crippen molar-refractivity contribution in [3.63, 3.8) is 0 Å². The zero-order valence-corrected chi connectivity index (χ0v) is 20.5. The fourth-order valence-electron chi connectivity index (χ4n) is 3.96. The van der Waals surface area contributed by atoms with Crippen LogP contribution in [-0.2, 0) is 11.3 Å². The third-order valence-corrected chi connectivity index (χ3v) is 6.95. The molecule has 0 spiro atoms. The van der Waals surface area contributed by atoms with E-state index in [1.54, 1.807) is 13.2 Å². The molecule has 2 aliphatic heterocycles. The van der Waals surface area contributed by atoms with E-state index < -0.39 is 5.91 Å². The molecule has 1 amide bonds. The van der Waals surface area contributed by atoms with Crippen LogP contribution in [-0.4, -0.2) is 45.2 Å². The number of amidine groups is 2. The molecule has 0 saturated carbocycles. The van der Waals surface area contributed by atoms with E-state index in [0.29, 0.717) is 29.8 Å². The quantitative estimate of drug-likeness (QED) is 0.473. The van der Waals surface area contributed by atoms with Gasteiger partial charge >= 0.3 is 0 Å². The van der Waals surface area contributed by atoms with Gasteiger partial charge in [-0.05, 0) is 36.0 Å². The third kappa shape index (κ3) is 4.35. The molecule has 0 radical (unpaired) electrons. The summed E-state index contributed by atoms with van der Waals surface area (Å²) >= 11 is 1.35. The van der Waals surface area contributed by atoms with Crippen LogP contribution in [0.4, 0.5) is 0 Å². The van der Waals surface area contributed by atoms with Gasteiger partial charge in [0.2, 0.25) is 5.17 Å². The minimum absolute atomic E-state index is 0.0412. The van der Waals surface area contributed by atoms with E-state index in [4.69, 9.17) is 14.9 Å². The van der Waals surface area contributed by atoms with Crippen molar-refractivity contribution in [2.24, 2.45) is 16.0 Å². The van der Waals surface area contributed by atoms with Gasteiger partial charge in [-0.1, -0.05) is 44.2 Å². The number of hydrogen-bond acceptors (Lipinski definition) is 6. The molecule has 2 aromatic carbocycles. The second-order valence-corrected chi connectivity index (χ2v) is 9.39. The van der Waals surface area contributed by atoms with E-state index in [9.17, 15) is 4.79 Å². The summed E-state index contributed by atoms with van der Waals surface area (Å²) in [5.41, 5.74) is 2.07. The lowest BCUT2D eigenvalue weighted by Crippen LogP contribution is -2.35. The highest BCUT2D eigenvalue weighted by Crippen LogP contribution is 2.32. The number of carbonyl (C=O) groups excluding carboxylic acids is 1. The van der Waals surface area contributed by atoms with Crippen LogP contribution in [0.15, 0.2) is 70.4 Å². The predicted octanol–water partition coefficient (Wildman–Crippen LogP) is 5.00. The Morgan fingerprint density at radius 1 is 1.11 bits per heavy atom. The first-order chi connectivity index (χ1) is 17.0. The molecule has 0 saturated heterocycles. The first kappa shape index (κ1) is 22.9. The van der Waals surface area contributed by atoms with Crippen molar-refractivity contribution in [2.45, 2.75) is 20.4 Å². The molecule has 35 heavy (non-hydrogen) atoms. The van der Waals surface area contributed by atoms with E-state index in [1.807, 2.05) is 68.6 Å². The zero-order chi connectivity index (χ0) is 24.5. The first-order valence-electron chi connectivity index (χ1n) is 11.3. The van der Waals surface area contributed by atoms with Crippen LogP contribution in [0.1, 0.15) is 19.4 Å². The van der Waals surface area contributed by atoms with Gasteiger partial charge in [0, 0.05) is 28.6 Å². The number of rotatable bonds is 7. The Morgan fingerprint density at radius 3 is 2.63 bits per heavy atom. The molecule has 2 aliphatic rings. The van der Waals surface area contributed by atoms with Crippen LogP contribution < -0.4 is 9.47 Å². The number of nitrogens with one attached hydrogen (secondary N) is 1. The third-order valence-electron chi connectivity index (χ3n) is 5.74. The Hall–Kier alpha value is -3.85. The number of ether oxygens (including phenoxy) is 2. The summed E-state index contributed by atoms with van der Waals surface area (Å²) in [5, 5.41) is 16.9. The van der Waals surface area contributed by atoms with Gasteiger partial charge in [0.15, 0.2) is 17.3 Å². The van der Waals surface area contributed by atoms with Crippen LogP contribution in [0, 0.1) is 11.3 Å². The lowest BCUT2D eigenvalue weighted by atomic mass is 10.1. The number of hydrazone groups is 1. The van der Waals surface area contributed by atoms with E-state index in [-0.39, 0.29) is 17.3 Å². The molecule has 0 bridgehead atoms. The molecule has 178 valence electrons. The molecule has 0 atom stereocenters. The maximum Gasteiger partial charge on any atom is 0.283 e. The van der Waals surface area contributed by atoms with Crippen molar-refractivity contribution >= 4 is 50.7 Å². The van der Waals surface area contributed by atoms with E-state index in [1.165, 1.54) is 16.8 Å². The molecule has 0 unspecified atom stereocenters. The average molecular weight is 488 g/mol. The maximum atomic E-state index is 12.8. The number of aliphatic imine (C=N–C) groups is 1. The van der Waals surface area contributed by atoms with E-state index >= 15 is 0 Å². The van der Waals surface area contributed by atoms with Gasteiger partial charge in [0.1, 0.15) is 11.7 Å². The average Bonchev–Trinajstić information content (AvgIpc) is 3.44. The summed E-state index contributed by atoms with van der Waals surface area (Å²) in [4.78, 5) is 17.0. The number of benzene rings is 2. The molecule has 3 aromatic rings. The van der Waals surface area contributed by atoms with Crippen molar-refractivity contribution in [3.05, 3.63) is 65.9 Å². The number of thioether (sulfide) groups is 1. The lowest BCUT2D eigenvalue weighted by Gasteiger charge is -2.20. The zero-order valence-electron chi connectivity index (χ0n) is 19.7. The van der Waals surface area contributed by atoms with Crippen LogP contribution >= 0.6 is 11.8 Å². The second kappa shape index (κ2) is 9.42. The molecule has 1 aromatic heterocycles. The summed E-state index contributed by atoms with van der Waals surface area (Å²) in [6.07, 6.45) is 3.71. The van der Waals surface area contributed by atoms with Crippen LogP contribution in [0.3, 0.4) is 0 Å². The van der Waals surface area contributed by atoms with Gasteiger partial charge in [-0.25, -0.2) is 0 Å². The molecule has 9 heteroatoms. The minimum Gasteiger partial charge on any atom is -0.493 e. The fraction of sp³-hybridized carbons (Fsp3) is 0.231. The normalized spacial score (nSPS) is 16.7. The van der Waals surface area contributed by atoms with Gasteiger partial charge in [-0.15, -0.1) is 0 Å². The number of para-hydroxylation sites is 3. The maximum absolute atomic E-state index is 12.8. The highest BCUT2D eigenvalue weighted by atomic mass is 32.2. The van der Waals surface area contributed by atoms with Gasteiger partial charge in [0.05, 0.1) is 19.2 Å². The molecular weight excluding hydrogens is 462 g/mol. The Balaban J connectivity index is 1.43. The number of carbonyl (C=O) groups is 1. The summed E-state index contributed by atoms with van der Waals surface area (Å²) in [6.45, 7) is 5.09. The Kier molecular flexibility index (Phi) is 6.17. The summed E-state index contributed by atoms with van der Waals surface area (Å²) in [6, 6.07) is 15.5. The summed E-state index contributed by atoms with van der Waals surface area (Å²) < 4.78 is 13.4. The number of methoxy groups -OCH3 is 1. The SMILES string of the molecule is COc1ccccc1OCCn1cc(/C=C2\C(=N)N3N=C(C(C)C)SC3=NC2=O)c2ccccc21. The van der Waals surface area contributed by atoms with E-state index in [2.05, 4.69) is 14.7 Å². The summed E-state index contributed by atoms with van der Waals surface area (Å²) in [7, 11) is 1.62. The topological polar surface area (TPSA) is 92.3 Å². The predicted molar refractivity (Wildman–Crippen MR) is 140 cm³/mol. The summed E-state index contributed by atoms with van der Waals surface area (Å²) in [5.74, 6) is 1.19. The lowest BCUT2D eigenvalue weighted by molar-refractivity contribution is -0.114. The second-order valence-electron chi connectivity index (χ2n) is 8.41. The Bertz CT molecular complexity index is 1420. The van der Waals surface area contributed by atoms with Crippen molar-refractivity contribution in [3.8, 4) is 11.5 Å². The molecule has 0 fully saturated rings. The standard InChI is InChI=1S/C26H25N5O3S/c1-16(2)25-29-31-23(27)19(24(32)28-26(31)35-25)14-17-15-30(20-9-5-4-8-18(17)20)12-13-34-22-11-7-6-10-21(22)33-3/h4-11,14-16,27H,12-13H2,1-3H3/b19-14+,27-23?. The highest BCUT2D eigenvalue weighted by Gasteiger charge is 2.36. The first-order valence-corrected chi connectivity index (χ1v) is 12.1.